The molecule has 25 heteroatoms. The maximum atomic E-state index is 14.3. The summed E-state index contributed by atoms with van der Waals surface area (Å²) in [6.45, 7) is 3.51. The summed E-state index contributed by atoms with van der Waals surface area (Å²) in [7, 11) is 3.53. The number of nitrogens with one attached hydrogen (secondary N) is 8. The first-order chi connectivity index (χ1) is 31.0. The summed E-state index contributed by atoms with van der Waals surface area (Å²) >= 11 is 0. The molecule has 3 heterocycles. The van der Waals surface area contributed by atoms with Gasteiger partial charge in [-0.05, 0) is 56.3 Å². The first-order valence-corrected chi connectivity index (χ1v) is 23.5. The second-order valence-electron chi connectivity index (χ2n) is 15.8. The molecule has 2 fully saturated rings. The van der Waals surface area contributed by atoms with Gasteiger partial charge in [-0.1, -0.05) is 47.6 Å². The average molecular weight is 946 g/mol. The number of carbonyl (C=O) groups excluding carboxylic acids is 7. The van der Waals surface area contributed by atoms with Crippen LogP contribution < -0.4 is 48.7 Å². The number of imidazole rings is 1. The Morgan fingerprint density at radius 1 is 0.938 bits per heavy atom. The number of nitrogens with zero attached hydrogens (tertiary/aromatic N) is 3. The van der Waals surface area contributed by atoms with Crippen molar-refractivity contribution in [2.45, 2.75) is 94.7 Å². The van der Waals surface area contributed by atoms with E-state index in [9.17, 15) is 48.6 Å². The van der Waals surface area contributed by atoms with E-state index in [0.717, 1.165) is 21.6 Å². The number of hydrogen-bond donors (Lipinski definition) is 12. The highest BCUT2D eigenvalue weighted by atomic mass is 33.1. The molecule has 0 bridgehead atoms. The minimum atomic E-state index is -1.44. The number of carboxylic acid groups (broad SMARTS) is 1. The van der Waals surface area contributed by atoms with Crippen molar-refractivity contribution >= 4 is 74.9 Å². The summed E-state index contributed by atoms with van der Waals surface area (Å²) in [6.07, 6.45) is 3.64. The van der Waals surface area contributed by atoms with Crippen LogP contribution in [0.15, 0.2) is 41.8 Å². The second-order valence-corrected chi connectivity index (χ2v) is 18.4. The molecule has 2 saturated heterocycles. The predicted octanol–water partition coefficient (Wildman–Crippen LogP) is -2.79. The fourth-order valence-corrected chi connectivity index (χ4v) is 9.35. The van der Waals surface area contributed by atoms with Crippen LogP contribution in [0.4, 0.5) is 0 Å². The molecule has 7 amide bonds. The van der Waals surface area contributed by atoms with Gasteiger partial charge in [0.15, 0.2) is 5.96 Å². The molecular formula is C40H59N13O10S2. The zero-order valence-corrected chi connectivity index (χ0v) is 38.0. The average Bonchev–Trinajstić information content (AvgIpc) is 3.97. The Balaban J connectivity index is 1.73. The summed E-state index contributed by atoms with van der Waals surface area (Å²) in [5.74, 6) is -7.52. The molecule has 0 radical (unpaired) electrons. The number of aromatic hydroxyl groups is 1. The quantitative estimate of drug-likeness (QED) is 0.0372. The maximum absolute atomic E-state index is 14.3. The molecule has 2 aliphatic rings. The van der Waals surface area contributed by atoms with Crippen LogP contribution in [0.25, 0.3) is 0 Å². The van der Waals surface area contributed by atoms with E-state index < -0.39 is 95.5 Å². The number of carboxylic acids is 1. The number of hydrogen-bond acceptors (Lipinski definition) is 14. The molecule has 2 aromatic rings. The van der Waals surface area contributed by atoms with Crippen LogP contribution >= 0.6 is 21.6 Å². The highest BCUT2D eigenvalue weighted by Gasteiger charge is 2.41. The number of nitrogens with two attached hydrogens (primary N) is 2. The van der Waals surface area contributed by atoms with E-state index in [1.54, 1.807) is 33.0 Å². The maximum Gasteiger partial charge on any atom is 0.327 e. The van der Waals surface area contributed by atoms with Crippen molar-refractivity contribution in [2.24, 2.45) is 22.4 Å². The zero-order valence-electron chi connectivity index (χ0n) is 36.3. The molecule has 23 nitrogen and oxygen atoms in total. The molecule has 4 rings (SSSR count). The van der Waals surface area contributed by atoms with Gasteiger partial charge in [-0.15, -0.1) is 0 Å². The number of aromatic nitrogens is 2. The van der Waals surface area contributed by atoms with Crippen molar-refractivity contribution in [1.82, 2.24) is 52.1 Å². The number of carbonyl (C=O) groups is 8. The lowest BCUT2D eigenvalue weighted by Crippen LogP contribution is -2.61. The number of H-pyrrole nitrogens is 1. The fourth-order valence-electron chi connectivity index (χ4n) is 7.03. The smallest absolute Gasteiger partial charge is 0.327 e. The Hall–Kier alpha value is -6.08. The van der Waals surface area contributed by atoms with Gasteiger partial charge in [-0.25, -0.2) is 9.78 Å². The molecule has 2 aliphatic heterocycles. The summed E-state index contributed by atoms with van der Waals surface area (Å²) in [6, 6.07) is -3.08. The number of aliphatic carboxylic acids is 1. The molecule has 1 aromatic carbocycles. The lowest BCUT2D eigenvalue weighted by atomic mass is 9.99. The van der Waals surface area contributed by atoms with Crippen LogP contribution in [0, 0.1) is 5.92 Å². The third-order valence-electron chi connectivity index (χ3n) is 10.4. The molecule has 14 N–H and O–H groups in total. The van der Waals surface area contributed by atoms with Gasteiger partial charge in [0.25, 0.3) is 0 Å². The van der Waals surface area contributed by atoms with Gasteiger partial charge < -0.3 is 68.8 Å². The number of rotatable bonds is 15. The minimum Gasteiger partial charge on any atom is -0.508 e. The van der Waals surface area contributed by atoms with Crippen molar-refractivity contribution in [3.8, 4) is 5.75 Å². The lowest BCUT2D eigenvalue weighted by molar-refractivity contribution is -0.144. The molecule has 0 saturated carbocycles. The van der Waals surface area contributed by atoms with Crippen LogP contribution in [0.1, 0.15) is 50.8 Å². The Labute approximate surface area is 383 Å². The number of aromatic amines is 1. The normalized spacial score (nSPS) is 23.2. The van der Waals surface area contributed by atoms with Gasteiger partial charge >= 0.3 is 5.97 Å². The van der Waals surface area contributed by atoms with Crippen LogP contribution in [0.5, 0.6) is 5.75 Å². The second kappa shape index (κ2) is 25.4. The fraction of sp³-hybridized carbons (Fsp3) is 0.550. The summed E-state index contributed by atoms with van der Waals surface area (Å²) in [5.41, 5.74) is 11.9. The number of benzene rings is 1. The van der Waals surface area contributed by atoms with Gasteiger partial charge in [0.2, 0.25) is 41.4 Å². The number of aliphatic imine (C=N–C) groups is 1. The molecular weight excluding hydrogens is 887 g/mol. The van der Waals surface area contributed by atoms with Gasteiger partial charge in [0.05, 0.1) is 12.9 Å². The first kappa shape index (κ1) is 51.6. The highest BCUT2D eigenvalue weighted by molar-refractivity contribution is 8.76. The topological polar surface area (TPSA) is 358 Å². The summed E-state index contributed by atoms with van der Waals surface area (Å²) in [4.78, 5) is 122. The van der Waals surface area contributed by atoms with Gasteiger partial charge in [0.1, 0.15) is 48.0 Å². The van der Waals surface area contributed by atoms with Crippen LogP contribution in [0.3, 0.4) is 0 Å². The molecule has 0 aliphatic carbocycles. The van der Waals surface area contributed by atoms with Crippen molar-refractivity contribution in [3.63, 3.8) is 0 Å². The lowest BCUT2D eigenvalue weighted by Gasteiger charge is -2.31. The van der Waals surface area contributed by atoms with Crippen LogP contribution in [-0.4, -0.2) is 159 Å². The third kappa shape index (κ3) is 16.1. The molecule has 0 spiro atoms. The number of likely N-dealkylation sites (N-methyl/N-ethyl adjacent to an activating group) is 1. The van der Waals surface area contributed by atoms with E-state index in [1.165, 1.54) is 29.6 Å². The summed E-state index contributed by atoms with van der Waals surface area (Å²) in [5, 5.41) is 38.8. The van der Waals surface area contributed by atoms with Crippen molar-refractivity contribution in [3.05, 3.63) is 48.0 Å². The predicted molar refractivity (Wildman–Crippen MR) is 242 cm³/mol. The molecule has 356 valence electrons. The van der Waals surface area contributed by atoms with Crippen molar-refractivity contribution < 1.29 is 48.6 Å². The van der Waals surface area contributed by atoms with E-state index in [-0.39, 0.29) is 75.0 Å². The Kier molecular flexibility index (Phi) is 20.2. The Morgan fingerprint density at radius 3 is 2.29 bits per heavy atom. The van der Waals surface area contributed by atoms with E-state index in [2.05, 4.69) is 52.2 Å². The van der Waals surface area contributed by atoms with E-state index >= 15 is 0 Å². The molecule has 7 atom stereocenters. The van der Waals surface area contributed by atoms with Gasteiger partial charge in [0, 0.05) is 49.3 Å². The van der Waals surface area contributed by atoms with E-state index in [4.69, 9.17) is 11.5 Å². The van der Waals surface area contributed by atoms with E-state index in [1.807, 2.05) is 0 Å². The van der Waals surface area contributed by atoms with Crippen molar-refractivity contribution in [1.29, 1.82) is 0 Å². The van der Waals surface area contributed by atoms with E-state index in [0.29, 0.717) is 17.7 Å². The molecule has 0 unspecified atom stereocenters. The highest BCUT2D eigenvalue weighted by Crippen LogP contribution is 2.25. The number of guanidine groups is 1. The minimum absolute atomic E-state index is 0.0499. The monoisotopic (exact) mass is 945 g/mol. The number of amides is 7. The summed E-state index contributed by atoms with van der Waals surface area (Å²) < 4.78 is 0. The Bertz CT molecular complexity index is 2000. The van der Waals surface area contributed by atoms with Crippen LogP contribution in [-0.2, 0) is 51.2 Å². The van der Waals surface area contributed by atoms with Gasteiger partial charge in [-0.3, -0.25) is 38.6 Å². The number of fused-ring (bicyclic) bond motifs is 1. The largest absolute Gasteiger partial charge is 0.508 e. The number of phenols is 1. The third-order valence-corrected chi connectivity index (χ3v) is 12.8. The van der Waals surface area contributed by atoms with Crippen LogP contribution in [0.2, 0.25) is 0 Å². The van der Waals surface area contributed by atoms with Crippen molar-refractivity contribution in [2.75, 3.05) is 38.2 Å². The number of phenolic OH excluding ortho intramolecular Hbond substituents is 1. The van der Waals surface area contributed by atoms with Gasteiger partial charge in [-0.2, -0.15) is 0 Å². The first-order valence-electron chi connectivity index (χ1n) is 21.0. The zero-order chi connectivity index (χ0) is 47.6. The SMILES string of the molecule is CNCC(=O)N[C@@H](CCCN=C(N)N)C(=O)N[C@H]1CSSC[C@H](C(=O)O)NC(=O)[C@@H]2CCCN2C(=O)[C@H](Cc2cnc[nH]2)NC(=O)[C@H](C(C)C)NC(=O)[C@H](Cc2ccc(O)cc2)NC1=O. The molecule has 1 aromatic heterocycles. The standard InChI is InChI=1S/C40H59N13O10S2/c1-21(2)32-37(60)49-27(15-23-16-44-20-46-23)38(61)53-13-5-7-30(53)36(59)51-29(39(62)63)19-65-64-18-28(35(58)48-26(34(57)52-32)14-22-8-10-24(54)11-9-22)50-33(56)25(47-31(55)17-43-3)6-4-12-45-40(41)42/h8-11,16,20-21,25-30,32,43,54H,4-7,12-15,17-19H2,1-3H3,(H,44,46)(H,47,55)(H,48,58)(H,49,60)(H,50,56)(H,51,59)(H,52,57)(H,62,63)(H4,41,42,45)/t25-,26-,27-,28-,29+,30-,32-/m0/s1. The Morgan fingerprint density at radius 2 is 1.65 bits per heavy atom. The molecule has 65 heavy (non-hydrogen) atoms.